The Balaban J connectivity index is 2.37. The van der Waals surface area contributed by atoms with Crippen LogP contribution >= 0.6 is 0 Å². The predicted molar refractivity (Wildman–Crippen MR) is 67.0 cm³/mol. The summed E-state index contributed by atoms with van der Waals surface area (Å²) < 4.78 is 38.9. The van der Waals surface area contributed by atoms with Crippen LogP contribution in [0.5, 0.6) is 0 Å². The highest BCUT2D eigenvalue weighted by Crippen LogP contribution is 2.44. The lowest BCUT2D eigenvalue weighted by Gasteiger charge is -2.29. The molecule has 0 spiro atoms. The predicted octanol–water partition coefficient (Wildman–Crippen LogP) is 1.95. The molecule has 0 bridgehead atoms. The average Bonchev–Trinajstić information content (AvgIpc) is 2.70. The van der Waals surface area contributed by atoms with Crippen LogP contribution in [0.4, 0.5) is 13.2 Å². The molecule has 1 aliphatic heterocycles. The van der Waals surface area contributed by atoms with E-state index in [1.807, 2.05) is 6.92 Å². The van der Waals surface area contributed by atoms with E-state index in [4.69, 9.17) is 5.73 Å². The first kappa shape index (κ1) is 14.8. The van der Waals surface area contributed by atoms with Crippen molar-refractivity contribution in [3.63, 3.8) is 0 Å². The van der Waals surface area contributed by atoms with Gasteiger partial charge in [-0.2, -0.15) is 13.2 Å². The molecule has 2 unspecified atom stereocenters. The Bertz CT molecular complexity index is 513. The minimum Gasteiger partial charge on any atom is -0.349 e. The number of nitrogens with two attached hydrogens (primary N) is 1. The second-order valence-corrected chi connectivity index (χ2v) is 4.76. The number of halogens is 3. The lowest BCUT2D eigenvalue weighted by molar-refractivity contribution is -0.370. The molecule has 0 fully saturated rings. The molecule has 0 radical (unpaired) electrons. The topological polar surface area (TPSA) is 67.8 Å². The lowest BCUT2D eigenvalue weighted by Crippen LogP contribution is -2.52. The van der Waals surface area contributed by atoms with Crippen molar-refractivity contribution in [1.29, 1.82) is 0 Å². The average molecular weight is 288 g/mol. The first-order valence-electron chi connectivity index (χ1n) is 6.12. The first-order chi connectivity index (χ1) is 9.29. The van der Waals surface area contributed by atoms with Crippen LogP contribution in [0.3, 0.4) is 0 Å². The van der Waals surface area contributed by atoms with Gasteiger partial charge in [0.15, 0.2) is 0 Å². The Morgan fingerprint density at radius 1 is 1.35 bits per heavy atom. The Morgan fingerprint density at radius 3 is 2.45 bits per heavy atom. The molecule has 0 saturated carbocycles. The van der Waals surface area contributed by atoms with Crippen molar-refractivity contribution in [1.82, 2.24) is 0 Å². The molecule has 2 atom stereocenters. The van der Waals surface area contributed by atoms with Gasteiger partial charge >= 0.3 is 12.0 Å². The van der Waals surface area contributed by atoms with Crippen LogP contribution in [0.1, 0.15) is 17.5 Å². The molecule has 0 aromatic heterocycles. The van der Waals surface area contributed by atoms with Gasteiger partial charge in [0.2, 0.25) is 0 Å². The minimum absolute atomic E-state index is 0.0166. The third kappa shape index (κ3) is 2.38. The molecule has 7 heteroatoms. The van der Waals surface area contributed by atoms with Crippen LogP contribution < -0.4 is 5.73 Å². The number of aliphatic hydroxyl groups is 1. The van der Waals surface area contributed by atoms with Gasteiger partial charge in [0.25, 0.3) is 0 Å². The normalized spacial score (nSPS) is 26.3. The Kier molecular flexibility index (Phi) is 3.75. The van der Waals surface area contributed by atoms with E-state index in [1.54, 1.807) is 24.3 Å². The second-order valence-electron chi connectivity index (χ2n) is 4.76. The fraction of sp³-hybridized carbons (Fsp3) is 0.462. The highest BCUT2D eigenvalue weighted by molar-refractivity contribution is 6.03. The van der Waals surface area contributed by atoms with Crippen LogP contribution in [0.25, 0.3) is 0 Å². The van der Waals surface area contributed by atoms with Crippen molar-refractivity contribution in [2.45, 2.75) is 25.3 Å². The molecule has 2 rings (SSSR count). The molecule has 0 saturated heterocycles. The smallest absolute Gasteiger partial charge is 0.349 e. The SMILES string of the molecule is Cc1ccc(C2=NOC(O)(C(F)(F)F)C2CCN)cc1. The summed E-state index contributed by atoms with van der Waals surface area (Å²) in [5.41, 5.74) is 6.86. The molecular formula is C13H15F3N2O2. The lowest BCUT2D eigenvalue weighted by atomic mass is 9.86. The number of hydrogen-bond donors (Lipinski definition) is 2. The monoisotopic (exact) mass is 288 g/mol. The van der Waals surface area contributed by atoms with E-state index in [0.717, 1.165) is 5.56 Å². The van der Waals surface area contributed by atoms with Gasteiger partial charge in [0.1, 0.15) is 0 Å². The Morgan fingerprint density at radius 2 is 1.95 bits per heavy atom. The van der Waals surface area contributed by atoms with E-state index in [-0.39, 0.29) is 18.7 Å². The summed E-state index contributed by atoms with van der Waals surface area (Å²) in [5, 5.41) is 13.2. The first-order valence-corrected chi connectivity index (χ1v) is 6.12. The molecule has 0 aliphatic carbocycles. The van der Waals surface area contributed by atoms with Crippen molar-refractivity contribution in [2.24, 2.45) is 16.8 Å². The van der Waals surface area contributed by atoms with Gasteiger partial charge in [-0.1, -0.05) is 35.0 Å². The van der Waals surface area contributed by atoms with Crippen LogP contribution in [-0.4, -0.2) is 29.3 Å². The maximum atomic E-state index is 13.0. The zero-order chi connectivity index (χ0) is 15.0. The maximum Gasteiger partial charge on any atom is 0.458 e. The molecule has 1 aromatic carbocycles. The standard InChI is InChI=1S/C13H15F3N2O2/c1-8-2-4-9(5-3-8)11-10(6-7-17)12(19,20-18-11)13(14,15)16/h2-5,10,19H,6-7,17H2,1H3. The van der Waals surface area contributed by atoms with E-state index in [2.05, 4.69) is 9.99 Å². The van der Waals surface area contributed by atoms with Crippen molar-refractivity contribution in [3.8, 4) is 0 Å². The second kappa shape index (κ2) is 5.06. The third-order valence-corrected chi connectivity index (χ3v) is 3.29. The van der Waals surface area contributed by atoms with Crippen molar-refractivity contribution >= 4 is 5.71 Å². The largest absolute Gasteiger partial charge is 0.458 e. The molecule has 0 amide bonds. The third-order valence-electron chi connectivity index (χ3n) is 3.29. The fourth-order valence-electron chi connectivity index (χ4n) is 2.16. The van der Waals surface area contributed by atoms with Gasteiger partial charge < -0.3 is 15.7 Å². The maximum absolute atomic E-state index is 13.0. The van der Waals surface area contributed by atoms with Crippen LogP contribution in [-0.2, 0) is 4.84 Å². The summed E-state index contributed by atoms with van der Waals surface area (Å²) >= 11 is 0. The van der Waals surface area contributed by atoms with E-state index in [0.29, 0.717) is 5.56 Å². The summed E-state index contributed by atoms with van der Waals surface area (Å²) in [5.74, 6) is -4.65. The highest BCUT2D eigenvalue weighted by Gasteiger charge is 2.66. The van der Waals surface area contributed by atoms with E-state index < -0.39 is 17.9 Å². The van der Waals surface area contributed by atoms with Crippen molar-refractivity contribution in [3.05, 3.63) is 35.4 Å². The van der Waals surface area contributed by atoms with Crippen molar-refractivity contribution < 1.29 is 23.1 Å². The number of alkyl halides is 3. The quantitative estimate of drug-likeness (QED) is 0.893. The van der Waals surface area contributed by atoms with Crippen molar-refractivity contribution in [2.75, 3.05) is 6.54 Å². The molecule has 20 heavy (non-hydrogen) atoms. The Labute approximate surface area is 114 Å². The van der Waals surface area contributed by atoms with E-state index >= 15 is 0 Å². The molecule has 3 N–H and O–H groups in total. The number of rotatable bonds is 3. The summed E-state index contributed by atoms with van der Waals surface area (Å²) in [6, 6.07) is 6.79. The van der Waals surface area contributed by atoms with Crippen LogP contribution in [0, 0.1) is 12.8 Å². The summed E-state index contributed by atoms with van der Waals surface area (Å²) in [7, 11) is 0. The number of nitrogens with zero attached hydrogens (tertiary/aromatic N) is 1. The zero-order valence-corrected chi connectivity index (χ0v) is 10.8. The fourth-order valence-corrected chi connectivity index (χ4v) is 2.16. The van der Waals surface area contributed by atoms with E-state index in [1.165, 1.54) is 0 Å². The Hall–Kier alpha value is -1.60. The van der Waals surface area contributed by atoms with Gasteiger partial charge in [-0.25, -0.2) is 0 Å². The van der Waals surface area contributed by atoms with Gasteiger partial charge in [-0.3, -0.25) is 0 Å². The summed E-state index contributed by atoms with van der Waals surface area (Å²) in [6.45, 7) is 1.84. The number of oxime groups is 1. The van der Waals surface area contributed by atoms with Crippen LogP contribution in [0.15, 0.2) is 29.4 Å². The number of benzene rings is 1. The molecule has 1 aromatic rings. The number of hydrogen-bond acceptors (Lipinski definition) is 4. The van der Waals surface area contributed by atoms with Gasteiger partial charge in [0, 0.05) is 0 Å². The van der Waals surface area contributed by atoms with E-state index in [9.17, 15) is 18.3 Å². The highest BCUT2D eigenvalue weighted by atomic mass is 19.4. The molecule has 110 valence electrons. The molecule has 1 heterocycles. The molecule has 4 nitrogen and oxygen atoms in total. The molecule has 1 aliphatic rings. The van der Waals surface area contributed by atoms with Crippen LogP contribution in [0.2, 0.25) is 0 Å². The number of aryl methyl sites for hydroxylation is 1. The minimum atomic E-state index is -4.94. The summed E-state index contributed by atoms with van der Waals surface area (Å²) in [6.07, 6.45) is -5.02. The van der Waals surface area contributed by atoms with Gasteiger partial charge in [-0.15, -0.1) is 0 Å². The van der Waals surface area contributed by atoms with Gasteiger partial charge in [-0.05, 0) is 25.5 Å². The molecular weight excluding hydrogens is 273 g/mol. The summed E-state index contributed by atoms with van der Waals surface area (Å²) in [4.78, 5) is 4.33. The zero-order valence-electron chi connectivity index (χ0n) is 10.8. The van der Waals surface area contributed by atoms with Gasteiger partial charge in [0.05, 0.1) is 11.6 Å².